The Morgan fingerprint density at radius 1 is 1.09 bits per heavy atom. The van der Waals surface area contributed by atoms with Crippen LogP contribution in [0, 0.1) is 5.82 Å². The van der Waals surface area contributed by atoms with Gasteiger partial charge in [-0.3, -0.25) is 14.4 Å². The Morgan fingerprint density at radius 3 is 2.38 bits per heavy atom. The predicted octanol–water partition coefficient (Wildman–Crippen LogP) is 2.99. The number of amides is 3. The molecule has 13 heteroatoms. The van der Waals surface area contributed by atoms with Crippen molar-refractivity contribution in [3.63, 3.8) is 0 Å². The van der Waals surface area contributed by atoms with Gasteiger partial charge in [0.2, 0.25) is 17.7 Å². The molecule has 4 atom stereocenters. The molecule has 2 aromatic carbocycles. The monoisotopic (exact) mass is 648 g/mol. The van der Waals surface area contributed by atoms with Crippen LogP contribution in [0.1, 0.15) is 68.3 Å². The number of halogens is 2. The number of hydrogen-bond donors (Lipinski definition) is 4. The lowest BCUT2D eigenvalue weighted by atomic mass is 9.95. The Hall–Kier alpha value is -4.03. The van der Waals surface area contributed by atoms with Crippen molar-refractivity contribution in [1.29, 1.82) is 0 Å². The fourth-order valence-electron chi connectivity index (χ4n) is 4.95. The zero-order valence-electron chi connectivity index (χ0n) is 25.5. The zero-order valence-corrected chi connectivity index (χ0v) is 26.3. The average Bonchev–Trinajstić information content (AvgIpc) is 3.52. The molecule has 246 valence electrons. The quantitative estimate of drug-likeness (QED) is 0.169. The van der Waals surface area contributed by atoms with E-state index < -0.39 is 59.1 Å². The Labute approximate surface area is 268 Å². The minimum atomic E-state index is -1.43. The van der Waals surface area contributed by atoms with Gasteiger partial charge < -0.3 is 31.1 Å². The summed E-state index contributed by atoms with van der Waals surface area (Å²) in [5, 5.41) is 15.0. The molecule has 0 aromatic heterocycles. The highest BCUT2D eigenvalue weighted by Crippen LogP contribution is 2.21. The maximum absolute atomic E-state index is 13.6. The van der Waals surface area contributed by atoms with Gasteiger partial charge in [-0.25, -0.2) is 14.0 Å². The molecule has 0 spiro atoms. The van der Waals surface area contributed by atoms with Crippen molar-refractivity contribution in [2.24, 2.45) is 5.73 Å². The van der Waals surface area contributed by atoms with E-state index in [9.17, 15) is 33.5 Å². The SMILES string of the molecule is CC[C@@](C)(NC(=O)[C@@H](N)CCCCOC(=O)c1ccccc1)C(=O)N[C@@H](Cc1ccc(F)cc1)C(=O)N1CCC[C@@H]1C(=O)O.Cl. The summed E-state index contributed by atoms with van der Waals surface area (Å²) in [6.07, 6.45) is 2.26. The van der Waals surface area contributed by atoms with E-state index in [2.05, 4.69) is 10.6 Å². The van der Waals surface area contributed by atoms with E-state index in [4.69, 9.17) is 10.5 Å². The maximum atomic E-state index is 13.6. The topological polar surface area (TPSA) is 168 Å². The number of aliphatic carboxylic acids is 1. The van der Waals surface area contributed by atoms with Gasteiger partial charge in [0.25, 0.3) is 0 Å². The second-order valence-electron chi connectivity index (χ2n) is 11.2. The first-order chi connectivity index (χ1) is 20.9. The highest BCUT2D eigenvalue weighted by Gasteiger charge is 2.41. The summed E-state index contributed by atoms with van der Waals surface area (Å²) >= 11 is 0. The molecule has 0 saturated carbocycles. The van der Waals surface area contributed by atoms with Crippen LogP contribution in [0.5, 0.6) is 0 Å². The number of carboxylic acid groups (broad SMARTS) is 1. The highest BCUT2D eigenvalue weighted by molar-refractivity contribution is 5.96. The van der Waals surface area contributed by atoms with Crippen LogP contribution in [0.15, 0.2) is 54.6 Å². The molecular formula is C32H42ClFN4O7. The first-order valence-corrected chi connectivity index (χ1v) is 14.8. The number of carboxylic acids is 1. The van der Waals surface area contributed by atoms with Crippen LogP contribution in [-0.2, 0) is 30.3 Å². The number of esters is 1. The van der Waals surface area contributed by atoms with Gasteiger partial charge in [-0.1, -0.05) is 37.3 Å². The molecule has 0 aliphatic carbocycles. The van der Waals surface area contributed by atoms with Crippen molar-refractivity contribution in [3.05, 3.63) is 71.5 Å². The highest BCUT2D eigenvalue weighted by atomic mass is 35.5. The molecule has 1 aliphatic heterocycles. The first-order valence-electron chi connectivity index (χ1n) is 14.8. The second kappa shape index (κ2) is 17.5. The van der Waals surface area contributed by atoms with Crippen molar-refractivity contribution in [2.75, 3.05) is 13.2 Å². The smallest absolute Gasteiger partial charge is 0.338 e. The van der Waals surface area contributed by atoms with Gasteiger partial charge in [-0.2, -0.15) is 0 Å². The lowest BCUT2D eigenvalue weighted by molar-refractivity contribution is -0.149. The van der Waals surface area contributed by atoms with E-state index in [1.165, 1.54) is 36.1 Å². The van der Waals surface area contributed by atoms with Gasteiger partial charge in [-0.05, 0) is 75.3 Å². The van der Waals surface area contributed by atoms with Crippen molar-refractivity contribution in [2.45, 2.75) is 82.5 Å². The Bertz CT molecular complexity index is 1310. The van der Waals surface area contributed by atoms with Gasteiger partial charge in [0.15, 0.2) is 0 Å². The van der Waals surface area contributed by atoms with E-state index in [0.717, 1.165) is 0 Å². The van der Waals surface area contributed by atoms with Crippen molar-refractivity contribution >= 4 is 42.1 Å². The Balaban J connectivity index is 0.00000705. The van der Waals surface area contributed by atoms with Crippen molar-refractivity contribution in [1.82, 2.24) is 15.5 Å². The molecule has 1 heterocycles. The number of nitrogens with zero attached hydrogens (tertiary/aromatic N) is 1. The third-order valence-corrected chi connectivity index (χ3v) is 7.87. The number of ether oxygens (including phenoxy) is 1. The minimum Gasteiger partial charge on any atom is -0.480 e. The molecule has 1 saturated heterocycles. The summed E-state index contributed by atoms with van der Waals surface area (Å²) in [6.45, 7) is 3.61. The van der Waals surface area contributed by atoms with Crippen LogP contribution in [0.4, 0.5) is 4.39 Å². The lowest BCUT2D eigenvalue weighted by Gasteiger charge is -2.33. The van der Waals surface area contributed by atoms with Crippen LogP contribution in [0.3, 0.4) is 0 Å². The molecule has 2 aromatic rings. The molecule has 0 unspecified atom stereocenters. The summed E-state index contributed by atoms with van der Waals surface area (Å²) in [5.74, 6) is -3.79. The largest absolute Gasteiger partial charge is 0.480 e. The molecule has 5 N–H and O–H groups in total. The summed E-state index contributed by atoms with van der Waals surface area (Å²) in [4.78, 5) is 65.1. The number of unbranched alkanes of at least 4 members (excludes halogenated alkanes) is 1. The third-order valence-electron chi connectivity index (χ3n) is 7.87. The van der Waals surface area contributed by atoms with Crippen LogP contribution in [-0.4, -0.2) is 76.5 Å². The minimum absolute atomic E-state index is 0. The summed E-state index contributed by atoms with van der Waals surface area (Å²) in [7, 11) is 0. The zero-order chi connectivity index (χ0) is 32.3. The number of carbonyl (C=O) groups excluding carboxylic acids is 4. The molecule has 0 bridgehead atoms. The molecule has 45 heavy (non-hydrogen) atoms. The van der Waals surface area contributed by atoms with E-state index in [-0.39, 0.29) is 44.8 Å². The van der Waals surface area contributed by atoms with E-state index in [0.29, 0.717) is 36.8 Å². The van der Waals surface area contributed by atoms with Crippen LogP contribution < -0.4 is 16.4 Å². The van der Waals surface area contributed by atoms with Gasteiger partial charge in [0, 0.05) is 13.0 Å². The maximum Gasteiger partial charge on any atom is 0.338 e. The number of rotatable bonds is 15. The second-order valence-corrected chi connectivity index (χ2v) is 11.2. The van der Waals surface area contributed by atoms with Crippen LogP contribution in [0.25, 0.3) is 0 Å². The Morgan fingerprint density at radius 2 is 1.76 bits per heavy atom. The first kappa shape index (κ1) is 37.2. The molecule has 0 radical (unpaired) electrons. The summed E-state index contributed by atoms with van der Waals surface area (Å²) in [5.41, 5.74) is 5.69. The molecule has 1 aliphatic rings. The number of benzene rings is 2. The van der Waals surface area contributed by atoms with Crippen LogP contribution in [0.2, 0.25) is 0 Å². The van der Waals surface area contributed by atoms with E-state index in [1.54, 1.807) is 37.3 Å². The fourth-order valence-corrected chi connectivity index (χ4v) is 4.95. The fraction of sp³-hybridized carbons (Fsp3) is 0.469. The molecule has 11 nitrogen and oxygen atoms in total. The average molecular weight is 649 g/mol. The number of likely N-dealkylation sites (tertiary alicyclic amines) is 1. The summed E-state index contributed by atoms with van der Waals surface area (Å²) in [6, 6.07) is 11.0. The van der Waals surface area contributed by atoms with Crippen LogP contribution >= 0.6 is 12.4 Å². The molecule has 1 fully saturated rings. The molecular weight excluding hydrogens is 607 g/mol. The third kappa shape index (κ3) is 10.5. The number of nitrogens with one attached hydrogen (secondary N) is 2. The predicted molar refractivity (Wildman–Crippen MR) is 167 cm³/mol. The van der Waals surface area contributed by atoms with Gasteiger partial charge in [0.05, 0.1) is 18.2 Å². The van der Waals surface area contributed by atoms with E-state index in [1.807, 2.05) is 0 Å². The number of nitrogens with two attached hydrogens (primary N) is 1. The normalized spacial score (nSPS) is 16.8. The van der Waals surface area contributed by atoms with Gasteiger partial charge in [-0.15, -0.1) is 12.4 Å². The number of carbonyl (C=O) groups is 5. The van der Waals surface area contributed by atoms with Gasteiger partial charge in [0.1, 0.15) is 23.4 Å². The van der Waals surface area contributed by atoms with E-state index >= 15 is 0 Å². The lowest BCUT2D eigenvalue weighted by Crippen LogP contribution is -2.63. The van der Waals surface area contributed by atoms with Gasteiger partial charge >= 0.3 is 11.9 Å². The van der Waals surface area contributed by atoms with Crippen molar-refractivity contribution in [3.8, 4) is 0 Å². The number of hydrogen-bond acceptors (Lipinski definition) is 7. The standard InChI is InChI=1S/C32H41FN4O7.ClH/c1-3-32(2,36-27(38)24(34)12-7-8-19-44-30(42)22-10-5-4-6-11-22)31(43)35-25(20-21-14-16-23(33)17-15-21)28(39)37-18-9-13-26(37)29(40)41;/h4-6,10-11,14-17,24-26H,3,7-9,12-13,18-20,34H2,1-2H3,(H,35,43)(H,36,38)(H,40,41);1H/t24-,25-,26+,32+;/m0./s1. The molecule has 3 rings (SSSR count). The van der Waals surface area contributed by atoms with Crippen molar-refractivity contribution < 1.29 is 38.2 Å². The Kier molecular flexibility index (Phi) is 14.4. The molecule has 3 amide bonds. The summed E-state index contributed by atoms with van der Waals surface area (Å²) < 4.78 is 18.7.